The van der Waals surface area contributed by atoms with Crippen molar-refractivity contribution >= 4 is 18.0 Å². The molecule has 0 fully saturated rings. The Labute approximate surface area is 196 Å². The zero-order valence-corrected chi connectivity index (χ0v) is 18.6. The van der Waals surface area contributed by atoms with Crippen LogP contribution in [0, 0.1) is 0 Å². The van der Waals surface area contributed by atoms with E-state index in [1.807, 2.05) is 43.3 Å². The number of aromatic carboxylic acids is 1. The number of oxazole rings is 1. The minimum Gasteiger partial charge on any atom is -0.476 e. The predicted octanol–water partition coefficient (Wildman–Crippen LogP) is 3.70. The molecule has 1 aliphatic rings. The third kappa shape index (κ3) is 4.93. The molecule has 3 aromatic rings. The zero-order chi connectivity index (χ0) is 24.1. The van der Waals surface area contributed by atoms with Crippen LogP contribution in [-0.4, -0.2) is 40.7 Å². The number of carbonyl (C=O) groups excluding carboxylic acids is 2. The zero-order valence-electron chi connectivity index (χ0n) is 18.6. The molecule has 9 heteroatoms. The number of hydrogen-bond donors (Lipinski definition) is 3. The van der Waals surface area contributed by atoms with Crippen LogP contribution in [0.5, 0.6) is 0 Å². The van der Waals surface area contributed by atoms with Crippen LogP contribution in [0.25, 0.3) is 11.1 Å². The smallest absolute Gasteiger partial charge is 0.407 e. The molecule has 1 atom stereocenters. The maximum absolute atomic E-state index is 12.5. The SMILES string of the molecule is CCC(CC(=O)NCc1ocnc1C(=O)O)NC(=O)OCC1c2ccccc2-c2ccccc21. The number of aromatic nitrogens is 1. The first-order chi connectivity index (χ1) is 16.5. The van der Waals surface area contributed by atoms with Crippen LogP contribution in [0.15, 0.2) is 59.3 Å². The Bertz CT molecular complexity index is 1160. The van der Waals surface area contributed by atoms with Crippen molar-refractivity contribution in [3.63, 3.8) is 0 Å². The Morgan fingerprint density at radius 3 is 2.35 bits per heavy atom. The molecule has 1 aromatic heterocycles. The Morgan fingerprint density at radius 2 is 1.74 bits per heavy atom. The minimum atomic E-state index is -1.23. The van der Waals surface area contributed by atoms with Gasteiger partial charge < -0.3 is 24.9 Å². The molecule has 2 aromatic carbocycles. The molecule has 0 aliphatic heterocycles. The highest BCUT2D eigenvalue weighted by atomic mass is 16.5. The lowest BCUT2D eigenvalue weighted by molar-refractivity contribution is -0.121. The van der Waals surface area contributed by atoms with Crippen LogP contribution in [0.1, 0.15) is 53.1 Å². The number of carboxylic acid groups (broad SMARTS) is 1. The van der Waals surface area contributed by atoms with Crippen molar-refractivity contribution in [2.24, 2.45) is 0 Å². The Hall–Kier alpha value is -4.14. The number of carbonyl (C=O) groups is 3. The molecule has 2 amide bonds. The fourth-order valence-electron chi connectivity index (χ4n) is 4.15. The fraction of sp³-hybridized carbons (Fsp3) is 0.280. The number of nitrogens with zero attached hydrogens (tertiary/aromatic N) is 1. The van der Waals surface area contributed by atoms with E-state index in [1.165, 1.54) is 0 Å². The van der Waals surface area contributed by atoms with Gasteiger partial charge in [-0.1, -0.05) is 55.5 Å². The van der Waals surface area contributed by atoms with Gasteiger partial charge in [0.15, 0.2) is 17.8 Å². The Kier molecular flexibility index (Phi) is 6.91. The molecular weight excluding hydrogens is 438 g/mol. The standard InChI is InChI=1S/C25H25N3O6/c1-2-15(11-22(29)26-12-21-23(24(30)31)27-14-34-21)28-25(32)33-13-20-18-9-5-3-7-16(18)17-8-4-6-10-19(17)20/h3-10,14-15,20H,2,11-13H2,1H3,(H,26,29)(H,28,32)(H,30,31). The highest BCUT2D eigenvalue weighted by Crippen LogP contribution is 2.44. The normalized spacial score (nSPS) is 13.0. The van der Waals surface area contributed by atoms with Gasteiger partial charge in [-0.05, 0) is 28.7 Å². The molecule has 3 N–H and O–H groups in total. The van der Waals surface area contributed by atoms with E-state index >= 15 is 0 Å². The molecule has 1 unspecified atom stereocenters. The monoisotopic (exact) mass is 463 g/mol. The summed E-state index contributed by atoms with van der Waals surface area (Å²) in [4.78, 5) is 39.5. The van der Waals surface area contributed by atoms with E-state index in [2.05, 4.69) is 27.8 Å². The van der Waals surface area contributed by atoms with Crippen LogP contribution in [-0.2, 0) is 16.1 Å². The number of hydrogen-bond acceptors (Lipinski definition) is 6. The lowest BCUT2D eigenvalue weighted by atomic mass is 9.98. The second-order valence-electron chi connectivity index (χ2n) is 7.99. The molecule has 0 saturated carbocycles. The second-order valence-corrected chi connectivity index (χ2v) is 7.99. The summed E-state index contributed by atoms with van der Waals surface area (Å²) in [5.74, 6) is -1.59. The maximum Gasteiger partial charge on any atom is 0.407 e. The predicted molar refractivity (Wildman–Crippen MR) is 122 cm³/mol. The number of carboxylic acids is 1. The highest BCUT2D eigenvalue weighted by Gasteiger charge is 2.29. The van der Waals surface area contributed by atoms with Gasteiger partial charge in [0.05, 0.1) is 6.54 Å². The highest BCUT2D eigenvalue weighted by molar-refractivity contribution is 5.86. The summed E-state index contributed by atoms with van der Waals surface area (Å²) in [6.07, 6.45) is 0.945. The first-order valence-corrected chi connectivity index (χ1v) is 11.0. The molecule has 0 saturated heterocycles. The topological polar surface area (TPSA) is 131 Å². The lowest BCUT2D eigenvalue weighted by Gasteiger charge is -2.18. The summed E-state index contributed by atoms with van der Waals surface area (Å²) in [6, 6.07) is 15.7. The number of nitrogens with one attached hydrogen (secondary N) is 2. The van der Waals surface area contributed by atoms with Gasteiger partial charge in [0.1, 0.15) is 6.61 Å². The van der Waals surface area contributed by atoms with E-state index in [0.29, 0.717) is 6.42 Å². The Morgan fingerprint density at radius 1 is 1.09 bits per heavy atom. The van der Waals surface area contributed by atoms with E-state index in [-0.39, 0.29) is 42.9 Å². The number of ether oxygens (including phenoxy) is 1. The first-order valence-electron chi connectivity index (χ1n) is 11.0. The molecule has 0 spiro atoms. The van der Waals surface area contributed by atoms with Crippen molar-refractivity contribution in [2.75, 3.05) is 6.61 Å². The van der Waals surface area contributed by atoms with Crippen molar-refractivity contribution in [3.8, 4) is 11.1 Å². The summed E-state index contributed by atoms with van der Waals surface area (Å²) >= 11 is 0. The second kappa shape index (κ2) is 10.2. The van der Waals surface area contributed by atoms with Gasteiger partial charge in [-0.2, -0.15) is 0 Å². The third-order valence-corrected chi connectivity index (χ3v) is 5.88. The number of benzene rings is 2. The molecule has 34 heavy (non-hydrogen) atoms. The molecule has 1 heterocycles. The van der Waals surface area contributed by atoms with E-state index in [4.69, 9.17) is 14.3 Å². The van der Waals surface area contributed by atoms with Gasteiger partial charge in [-0.15, -0.1) is 0 Å². The van der Waals surface area contributed by atoms with E-state index in [9.17, 15) is 14.4 Å². The third-order valence-electron chi connectivity index (χ3n) is 5.88. The van der Waals surface area contributed by atoms with E-state index in [0.717, 1.165) is 28.6 Å². The van der Waals surface area contributed by atoms with Gasteiger partial charge in [0, 0.05) is 18.4 Å². The summed E-state index contributed by atoms with van der Waals surface area (Å²) in [7, 11) is 0. The van der Waals surface area contributed by atoms with Gasteiger partial charge in [-0.25, -0.2) is 14.6 Å². The van der Waals surface area contributed by atoms with E-state index < -0.39 is 18.1 Å². The van der Waals surface area contributed by atoms with Gasteiger partial charge in [0.25, 0.3) is 0 Å². The average molecular weight is 463 g/mol. The van der Waals surface area contributed by atoms with Gasteiger partial charge >= 0.3 is 12.1 Å². The average Bonchev–Trinajstić information content (AvgIpc) is 3.44. The summed E-state index contributed by atoms with van der Waals surface area (Å²) in [5, 5.41) is 14.4. The summed E-state index contributed by atoms with van der Waals surface area (Å²) < 4.78 is 10.6. The molecule has 9 nitrogen and oxygen atoms in total. The van der Waals surface area contributed by atoms with Crippen LogP contribution >= 0.6 is 0 Å². The number of rotatable bonds is 9. The van der Waals surface area contributed by atoms with Crippen molar-refractivity contribution in [1.82, 2.24) is 15.6 Å². The molecular formula is C25H25N3O6. The largest absolute Gasteiger partial charge is 0.476 e. The Balaban J connectivity index is 1.29. The van der Waals surface area contributed by atoms with Crippen molar-refractivity contribution in [2.45, 2.75) is 38.3 Å². The summed E-state index contributed by atoms with van der Waals surface area (Å²) in [5.41, 5.74) is 4.29. The molecule has 0 bridgehead atoms. The lowest BCUT2D eigenvalue weighted by Crippen LogP contribution is -2.39. The van der Waals surface area contributed by atoms with Crippen molar-refractivity contribution in [3.05, 3.63) is 77.5 Å². The molecule has 0 radical (unpaired) electrons. The number of amides is 2. The van der Waals surface area contributed by atoms with E-state index in [1.54, 1.807) is 0 Å². The number of alkyl carbamates (subject to hydrolysis) is 1. The molecule has 1 aliphatic carbocycles. The van der Waals surface area contributed by atoms with Crippen LogP contribution < -0.4 is 10.6 Å². The van der Waals surface area contributed by atoms with Crippen LogP contribution in [0.2, 0.25) is 0 Å². The molecule has 176 valence electrons. The molecule has 4 rings (SSSR count). The summed E-state index contributed by atoms with van der Waals surface area (Å²) in [6.45, 7) is 1.93. The van der Waals surface area contributed by atoms with Crippen LogP contribution in [0.3, 0.4) is 0 Å². The van der Waals surface area contributed by atoms with Crippen molar-refractivity contribution in [1.29, 1.82) is 0 Å². The number of fused-ring (bicyclic) bond motifs is 3. The van der Waals surface area contributed by atoms with Crippen LogP contribution in [0.4, 0.5) is 4.79 Å². The van der Waals surface area contributed by atoms with Gasteiger partial charge in [-0.3, -0.25) is 4.79 Å². The van der Waals surface area contributed by atoms with Gasteiger partial charge in [0.2, 0.25) is 5.91 Å². The minimum absolute atomic E-state index is 0.0111. The first kappa shape index (κ1) is 23.0. The fourth-order valence-corrected chi connectivity index (χ4v) is 4.15. The quantitative estimate of drug-likeness (QED) is 0.441. The van der Waals surface area contributed by atoms with Crippen molar-refractivity contribution < 1.29 is 28.6 Å². The maximum atomic E-state index is 12.5.